The van der Waals surface area contributed by atoms with E-state index in [2.05, 4.69) is 4.98 Å². The highest BCUT2D eigenvalue weighted by Gasteiger charge is 1.98. The summed E-state index contributed by atoms with van der Waals surface area (Å²) in [5.74, 6) is -0.154. The Morgan fingerprint density at radius 2 is 1.72 bits per heavy atom. The van der Waals surface area contributed by atoms with Gasteiger partial charge in [-0.15, -0.1) is 0 Å². The van der Waals surface area contributed by atoms with Crippen molar-refractivity contribution < 1.29 is 4.79 Å². The van der Waals surface area contributed by atoms with E-state index in [0.717, 1.165) is 0 Å². The monoisotopic (exact) mass is 254 g/mol. The smallest absolute Gasteiger partial charge is 0.303 e. The lowest BCUT2D eigenvalue weighted by Gasteiger charge is -1.96. The summed E-state index contributed by atoms with van der Waals surface area (Å²) in [7, 11) is 1.52. The lowest BCUT2D eigenvalue weighted by atomic mass is 10.3. The molecule has 0 radical (unpaired) electrons. The van der Waals surface area contributed by atoms with Crippen LogP contribution in [0, 0.1) is 0 Å². The molecule has 5 nitrogen and oxygen atoms in total. The molecule has 0 bridgehead atoms. The Morgan fingerprint density at radius 3 is 2.17 bits per heavy atom. The van der Waals surface area contributed by atoms with Crippen molar-refractivity contribution in [3.63, 3.8) is 0 Å². The number of hydrogen-bond acceptors (Lipinski definition) is 3. The third-order valence-electron chi connectivity index (χ3n) is 1.63. The minimum atomic E-state index is -0.495. The minimum absolute atomic E-state index is 0.154. The summed E-state index contributed by atoms with van der Waals surface area (Å²) >= 11 is 0. The SMILES string of the molecule is CC.CC.CC(=O)/C=C/c1cn(C)c(=O)[nH]c1=O. The number of nitrogens with one attached hydrogen (secondary N) is 1. The van der Waals surface area contributed by atoms with E-state index in [0.29, 0.717) is 0 Å². The maximum Gasteiger partial charge on any atom is 0.328 e. The molecule has 0 unspecified atom stereocenters. The zero-order chi connectivity index (χ0) is 14.7. The normalized spacial score (nSPS) is 9.00. The van der Waals surface area contributed by atoms with Gasteiger partial charge in [0.05, 0.1) is 5.56 Å². The van der Waals surface area contributed by atoms with Gasteiger partial charge in [0.1, 0.15) is 0 Å². The second-order valence-electron chi connectivity index (χ2n) is 2.90. The molecule has 0 aliphatic rings. The van der Waals surface area contributed by atoms with Crippen LogP contribution >= 0.6 is 0 Å². The molecule has 1 aromatic rings. The molecule has 102 valence electrons. The van der Waals surface area contributed by atoms with Crippen molar-refractivity contribution >= 4 is 11.9 Å². The van der Waals surface area contributed by atoms with E-state index >= 15 is 0 Å². The molecule has 5 heteroatoms. The van der Waals surface area contributed by atoms with Gasteiger partial charge >= 0.3 is 5.69 Å². The van der Waals surface area contributed by atoms with Crippen molar-refractivity contribution in [2.45, 2.75) is 34.6 Å². The van der Waals surface area contributed by atoms with Crippen LogP contribution in [0.1, 0.15) is 40.2 Å². The van der Waals surface area contributed by atoms with Crippen LogP contribution < -0.4 is 11.2 Å². The van der Waals surface area contributed by atoms with Crippen molar-refractivity contribution in [1.82, 2.24) is 9.55 Å². The Bertz CT molecular complexity index is 496. The number of carbonyl (C=O) groups is 1. The lowest BCUT2D eigenvalue weighted by molar-refractivity contribution is -0.112. The van der Waals surface area contributed by atoms with Gasteiger partial charge < -0.3 is 4.57 Å². The average Bonchev–Trinajstić information content (AvgIpc) is 2.37. The van der Waals surface area contributed by atoms with Crippen molar-refractivity contribution in [3.05, 3.63) is 38.7 Å². The highest BCUT2D eigenvalue weighted by molar-refractivity contribution is 5.91. The molecule has 0 aromatic carbocycles. The first-order valence-electron chi connectivity index (χ1n) is 5.99. The average molecular weight is 254 g/mol. The Balaban J connectivity index is 0. The largest absolute Gasteiger partial charge is 0.328 e. The molecule has 18 heavy (non-hydrogen) atoms. The topological polar surface area (TPSA) is 71.9 Å². The number of aromatic nitrogens is 2. The molecule has 0 saturated carbocycles. The van der Waals surface area contributed by atoms with Crippen LogP contribution in [0.3, 0.4) is 0 Å². The molecular weight excluding hydrogens is 232 g/mol. The first-order chi connectivity index (χ1) is 8.50. The number of carbonyl (C=O) groups excluding carboxylic acids is 1. The summed E-state index contributed by atoms with van der Waals surface area (Å²) in [5, 5.41) is 0. The number of ketones is 1. The Morgan fingerprint density at radius 1 is 1.22 bits per heavy atom. The van der Waals surface area contributed by atoms with Gasteiger partial charge in [-0.05, 0) is 19.1 Å². The van der Waals surface area contributed by atoms with Crippen LogP contribution in [-0.2, 0) is 11.8 Å². The highest BCUT2D eigenvalue weighted by Crippen LogP contribution is 1.90. The van der Waals surface area contributed by atoms with Crippen LogP contribution in [-0.4, -0.2) is 15.3 Å². The lowest BCUT2D eigenvalue weighted by Crippen LogP contribution is -2.28. The standard InChI is InChI=1S/C9H10N2O3.2C2H6/c1-6(12)3-4-7-5-11(2)9(14)10-8(7)13;2*1-2/h3-5H,1-2H3,(H,10,13,14);2*1-2H3/b4-3+;;. The molecule has 1 rings (SSSR count). The number of allylic oxidation sites excluding steroid dienone is 1. The Kier molecular flexibility index (Phi) is 10.5. The highest BCUT2D eigenvalue weighted by atomic mass is 16.2. The number of aromatic amines is 1. The molecule has 0 fully saturated rings. The van der Waals surface area contributed by atoms with Gasteiger partial charge in [0.15, 0.2) is 5.78 Å². The Labute approximate surface area is 107 Å². The van der Waals surface area contributed by atoms with E-state index in [1.54, 1.807) is 0 Å². The molecule has 0 amide bonds. The van der Waals surface area contributed by atoms with Gasteiger partial charge in [-0.25, -0.2) is 4.79 Å². The van der Waals surface area contributed by atoms with E-state index in [1.807, 2.05) is 27.7 Å². The van der Waals surface area contributed by atoms with Crippen LogP contribution in [0.2, 0.25) is 0 Å². The quantitative estimate of drug-likeness (QED) is 0.817. The molecule has 0 atom stereocenters. The predicted octanol–water partition coefficient (Wildman–Crippen LogP) is 1.73. The summed E-state index contributed by atoms with van der Waals surface area (Å²) in [6.07, 6.45) is 4.02. The van der Waals surface area contributed by atoms with Gasteiger partial charge in [0, 0.05) is 13.2 Å². The molecule has 1 heterocycles. The third-order valence-corrected chi connectivity index (χ3v) is 1.63. The summed E-state index contributed by atoms with van der Waals surface area (Å²) < 4.78 is 1.24. The number of aryl methyl sites for hydroxylation is 1. The predicted molar refractivity (Wildman–Crippen MR) is 74.7 cm³/mol. The zero-order valence-electron chi connectivity index (χ0n) is 11.9. The maximum absolute atomic E-state index is 11.2. The fourth-order valence-electron chi connectivity index (χ4n) is 0.909. The molecule has 0 aliphatic carbocycles. The molecular formula is C13H22N2O3. The fraction of sp³-hybridized carbons (Fsp3) is 0.462. The second-order valence-corrected chi connectivity index (χ2v) is 2.90. The molecule has 1 N–H and O–H groups in total. The van der Waals surface area contributed by atoms with Crippen LogP contribution in [0.5, 0.6) is 0 Å². The number of hydrogen-bond donors (Lipinski definition) is 1. The summed E-state index contributed by atoms with van der Waals surface area (Å²) in [5.41, 5.74) is -0.692. The number of H-pyrrole nitrogens is 1. The summed E-state index contributed by atoms with van der Waals surface area (Å²) in [6.45, 7) is 9.38. The van der Waals surface area contributed by atoms with E-state index in [9.17, 15) is 14.4 Å². The summed E-state index contributed by atoms with van der Waals surface area (Å²) in [4.78, 5) is 34.9. The second kappa shape index (κ2) is 10.3. The zero-order valence-corrected chi connectivity index (χ0v) is 11.9. The van der Waals surface area contributed by atoms with Gasteiger partial charge in [-0.1, -0.05) is 27.7 Å². The number of nitrogens with zero attached hydrogens (tertiary/aromatic N) is 1. The van der Waals surface area contributed by atoms with Gasteiger partial charge in [-0.3, -0.25) is 14.6 Å². The van der Waals surface area contributed by atoms with E-state index in [1.165, 1.54) is 36.9 Å². The summed E-state index contributed by atoms with van der Waals surface area (Å²) in [6, 6.07) is 0. The van der Waals surface area contributed by atoms with E-state index in [-0.39, 0.29) is 11.3 Å². The van der Waals surface area contributed by atoms with Crippen LogP contribution in [0.25, 0.3) is 6.08 Å². The van der Waals surface area contributed by atoms with Crippen molar-refractivity contribution in [2.75, 3.05) is 0 Å². The third kappa shape index (κ3) is 6.62. The van der Waals surface area contributed by atoms with Gasteiger partial charge in [0.25, 0.3) is 5.56 Å². The van der Waals surface area contributed by atoms with Crippen molar-refractivity contribution in [1.29, 1.82) is 0 Å². The first kappa shape index (κ1) is 18.5. The Hall–Kier alpha value is -1.91. The van der Waals surface area contributed by atoms with Crippen LogP contribution in [0.4, 0.5) is 0 Å². The molecule has 1 aromatic heterocycles. The molecule has 0 spiro atoms. The molecule has 0 aliphatic heterocycles. The first-order valence-corrected chi connectivity index (χ1v) is 5.99. The number of rotatable bonds is 2. The van der Waals surface area contributed by atoms with Crippen molar-refractivity contribution in [3.8, 4) is 0 Å². The maximum atomic E-state index is 11.2. The molecule has 0 saturated heterocycles. The van der Waals surface area contributed by atoms with Gasteiger partial charge in [0.2, 0.25) is 0 Å². The minimum Gasteiger partial charge on any atom is -0.303 e. The van der Waals surface area contributed by atoms with E-state index < -0.39 is 11.2 Å². The van der Waals surface area contributed by atoms with Crippen LogP contribution in [0.15, 0.2) is 21.9 Å². The fourth-order valence-corrected chi connectivity index (χ4v) is 0.909. The van der Waals surface area contributed by atoms with Crippen molar-refractivity contribution in [2.24, 2.45) is 7.05 Å². The van der Waals surface area contributed by atoms with Gasteiger partial charge in [-0.2, -0.15) is 0 Å². The van der Waals surface area contributed by atoms with E-state index in [4.69, 9.17) is 0 Å².